The largest absolute Gasteiger partial charge is 0.710 e. The van der Waals surface area contributed by atoms with Crippen molar-refractivity contribution < 1.29 is 19.1 Å². The fraction of sp³-hybridized carbons (Fsp3) is 0.250. The Balaban J connectivity index is 1.70. The summed E-state index contributed by atoms with van der Waals surface area (Å²) in [5.41, 5.74) is 4.25. The number of rotatable bonds is 4. The Hall–Kier alpha value is -2.55. The maximum absolute atomic E-state index is 12.8. The Labute approximate surface area is 170 Å². The third-order valence-electron chi connectivity index (χ3n) is 4.54. The summed E-state index contributed by atoms with van der Waals surface area (Å²) in [5, 5.41) is 12.7. The highest BCUT2D eigenvalue weighted by atomic mass is 79.9. The highest BCUT2D eigenvalue weighted by Gasteiger charge is 2.22. The summed E-state index contributed by atoms with van der Waals surface area (Å²) in [6, 6.07) is 12.4. The zero-order chi connectivity index (χ0) is 19.5. The predicted molar refractivity (Wildman–Crippen MR) is 106 cm³/mol. The number of carbonyl (C=O) groups excluding carboxylic acids is 1. The number of ether oxygens (including phenoxy) is 1. The lowest BCUT2D eigenvalue weighted by Gasteiger charge is -2.22. The SMILES string of the molecule is O=C(NOC1CCCCO1)c1cc(-c2ccc(Br)cc2)nc2c1ccc[n+]2[O-]. The minimum atomic E-state index is -0.457. The summed E-state index contributed by atoms with van der Waals surface area (Å²) >= 11 is 3.40. The van der Waals surface area contributed by atoms with Crippen molar-refractivity contribution in [3.63, 3.8) is 0 Å². The van der Waals surface area contributed by atoms with Gasteiger partial charge in [-0.25, -0.2) is 15.0 Å². The molecule has 4 rings (SSSR count). The molecule has 0 aliphatic carbocycles. The fourth-order valence-electron chi connectivity index (χ4n) is 3.10. The number of benzene rings is 1. The molecule has 28 heavy (non-hydrogen) atoms. The van der Waals surface area contributed by atoms with Crippen LogP contribution >= 0.6 is 15.9 Å². The Kier molecular flexibility index (Phi) is 5.52. The predicted octanol–water partition coefficient (Wildman–Crippen LogP) is 3.49. The second-order valence-electron chi connectivity index (χ2n) is 6.48. The van der Waals surface area contributed by atoms with E-state index in [1.165, 1.54) is 6.20 Å². The zero-order valence-electron chi connectivity index (χ0n) is 14.9. The molecule has 3 aromatic rings. The van der Waals surface area contributed by atoms with Gasteiger partial charge in [0.2, 0.25) is 0 Å². The van der Waals surface area contributed by atoms with Crippen LogP contribution in [0.25, 0.3) is 22.3 Å². The summed E-state index contributed by atoms with van der Waals surface area (Å²) in [7, 11) is 0. The third kappa shape index (κ3) is 3.99. The summed E-state index contributed by atoms with van der Waals surface area (Å²) < 4.78 is 7.05. The van der Waals surface area contributed by atoms with Crippen LogP contribution in [-0.4, -0.2) is 23.8 Å². The summed E-state index contributed by atoms with van der Waals surface area (Å²) in [5.74, 6) is -0.453. The first-order valence-electron chi connectivity index (χ1n) is 8.98. The van der Waals surface area contributed by atoms with E-state index < -0.39 is 12.2 Å². The third-order valence-corrected chi connectivity index (χ3v) is 5.07. The number of amides is 1. The molecule has 1 aliphatic heterocycles. The molecule has 1 fully saturated rings. The number of halogens is 1. The standard InChI is InChI=1S/C20H18BrN3O4/c21-14-8-6-13(7-9-14)17-12-16(15-4-3-10-24(26)19(15)22-17)20(25)23-28-18-5-1-2-11-27-18/h3-4,6-10,12,18H,1-2,5,11H2,(H,23,25). The van der Waals surface area contributed by atoms with E-state index in [1.54, 1.807) is 18.2 Å². The molecule has 8 heteroatoms. The van der Waals surface area contributed by atoms with E-state index in [-0.39, 0.29) is 5.65 Å². The van der Waals surface area contributed by atoms with Crippen molar-refractivity contribution in [3.8, 4) is 11.3 Å². The monoisotopic (exact) mass is 443 g/mol. The number of hydroxylamine groups is 1. The minimum absolute atomic E-state index is 0.169. The molecule has 1 unspecified atom stereocenters. The summed E-state index contributed by atoms with van der Waals surface area (Å²) in [6.07, 6.45) is 3.60. The number of fused-ring (bicyclic) bond motifs is 1. The van der Waals surface area contributed by atoms with Crippen molar-refractivity contribution in [1.29, 1.82) is 0 Å². The topological polar surface area (TPSA) is 87.4 Å². The molecule has 144 valence electrons. The number of aromatic nitrogens is 2. The van der Waals surface area contributed by atoms with Crippen molar-refractivity contribution >= 4 is 32.9 Å². The first kappa shape index (κ1) is 18.8. The Morgan fingerprint density at radius 2 is 2.11 bits per heavy atom. The number of hydrogen-bond donors (Lipinski definition) is 1. The van der Waals surface area contributed by atoms with Gasteiger partial charge in [-0.1, -0.05) is 15.9 Å². The molecule has 1 N–H and O–H groups in total. The number of nitrogens with zero attached hydrogens (tertiary/aromatic N) is 2. The van der Waals surface area contributed by atoms with Crippen LogP contribution in [0.1, 0.15) is 29.6 Å². The van der Waals surface area contributed by atoms with E-state index in [9.17, 15) is 10.0 Å². The average Bonchev–Trinajstić information content (AvgIpc) is 2.73. The van der Waals surface area contributed by atoms with Crippen molar-refractivity contribution in [1.82, 2.24) is 10.5 Å². The number of nitrogens with one attached hydrogen (secondary N) is 1. The summed E-state index contributed by atoms with van der Waals surface area (Å²) in [6.45, 7) is 0.614. The maximum atomic E-state index is 12.8. The van der Waals surface area contributed by atoms with Crippen LogP contribution in [0, 0.1) is 5.21 Å². The van der Waals surface area contributed by atoms with E-state index in [2.05, 4.69) is 26.4 Å². The van der Waals surface area contributed by atoms with Crippen LogP contribution in [0.4, 0.5) is 0 Å². The summed E-state index contributed by atoms with van der Waals surface area (Å²) in [4.78, 5) is 22.7. The number of pyridine rings is 2. The lowest BCUT2D eigenvalue weighted by Crippen LogP contribution is -2.34. The molecular weight excluding hydrogens is 426 g/mol. The van der Waals surface area contributed by atoms with Gasteiger partial charge >= 0.3 is 5.65 Å². The number of carbonyl (C=O) groups is 1. The van der Waals surface area contributed by atoms with Gasteiger partial charge in [0.25, 0.3) is 5.91 Å². The highest BCUT2D eigenvalue weighted by Crippen LogP contribution is 2.25. The van der Waals surface area contributed by atoms with Crippen LogP contribution in [0.2, 0.25) is 0 Å². The molecule has 1 atom stereocenters. The van der Waals surface area contributed by atoms with Gasteiger partial charge in [-0.15, -0.1) is 0 Å². The molecule has 0 spiro atoms. The maximum Gasteiger partial charge on any atom is 0.334 e. The second-order valence-corrected chi connectivity index (χ2v) is 7.39. The molecule has 7 nitrogen and oxygen atoms in total. The normalized spacial score (nSPS) is 16.8. The van der Waals surface area contributed by atoms with Crippen LogP contribution < -0.4 is 10.2 Å². The van der Waals surface area contributed by atoms with Crippen LogP contribution in [0.5, 0.6) is 0 Å². The molecule has 3 heterocycles. The molecule has 1 saturated heterocycles. The van der Waals surface area contributed by atoms with E-state index in [1.807, 2.05) is 24.3 Å². The van der Waals surface area contributed by atoms with Crippen LogP contribution in [0.3, 0.4) is 0 Å². The second kappa shape index (κ2) is 8.22. The Bertz CT molecular complexity index is 1000. The van der Waals surface area contributed by atoms with Crippen molar-refractivity contribution in [2.45, 2.75) is 25.6 Å². The van der Waals surface area contributed by atoms with E-state index in [0.29, 0.717) is 28.0 Å². The zero-order valence-corrected chi connectivity index (χ0v) is 16.5. The van der Waals surface area contributed by atoms with E-state index in [4.69, 9.17) is 9.57 Å². The molecule has 1 aromatic carbocycles. The lowest BCUT2D eigenvalue weighted by atomic mass is 10.1. The molecular formula is C20H18BrN3O4. The smallest absolute Gasteiger partial charge is 0.334 e. The van der Waals surface area contributed by atoms with Gasteiger partial charge in [-0.3, -0.25) is 4.79 Å². The minimum Gasteiger partial charge on any atom is -0.710 e. The van der Waals surface area contributed by atoms with E-state index >= 15 is 0 Å². The Morgan fingerprint density at radius 1 is 1.29 bits per heavy atom. The van der Waals surface area contributed by atoms with E-state index in [0.717, 1.165) is 29.3 Å². The highest BCUT2D eigenvalue weighted by molar-refractivity contribution is 9.10. The van der Waals surface area contributed by atoms with Gasteiger partial charge in [-0.2, -0.15) is 0 Å². The quantitative estimate of drug-likeness (QED) is 0.378. The fourth-order valence-corrected chi connectivity index (χ4v) is 3.36. The van der Waals surface area contributed by atoms with Gasteiger partial charge < -0.3 is 9.94 Å². The molecule has 0 radical (unpaired) electrons. The van der Waals surface area contributed by atoms with Crippen molar-refractivity contribution in [2.75, 3.05) is 6.61 Å². The van der Waals surface area contributed by atoms with Crippen LogP contribution in [0.15, 0.2) is 53.1 Å². The van der Waals surface area contributed by atoms with Crippen LogP contribution in [-0.2, 0) is 9.57 Å². The average molecular weight is 444 g/mol. The van der Waals surface area contributed by atoms with Gasteiger partial charge in [-0.05, 0) is 54.2 Å². The molecule has 0 saturated carbocycles. The molecule has 1 amide bonds. The first-order valence-corrected chi connectivity index (χ1v) is 9.77. The van der Waals surface area contributed by atoms with Crippen molar-refractivity contribution in [3.05, 3.63) is 63.9 Å². The first-order chi connectivity index (χ1) is 13.6. The number of hydrogen-bond acceptors (Lipinski definition) is 5. The van der Waals surface area contributed by atoms with Crippen molar-refractivity contribution in [2.24, 2.45) is 0 Å². The van der Waals surface area contributed by atoms with Gasteiger partial charge in [0, 0.05) is 29.1 Å². The molecule has 0 bridgehead atoms. The Morgan fingerprint density at radius 3 is 2.86 bits per heavy atom. The van der Waals surface area contributed by atoms with Gasteiger partial charge in [0.15, 0.2) is 12.0 Å². The van der Waals surface area contributed by atoms with Gasteiger partial charge in [0.1, 0.15) is 0 Å². The lowest BCUT2D eigenvalue weighted by molar-refractivity contribution is -0.579. The molecule has 2 aromatic heterocycles. The van der Waals surface area contributed by atoms with Gasteiger partial charge in [0.05, 0.1) is 17.1 Å². The molecule has 1 aliphatic rings.